The lowest BCUT2D eigenvalue weighted by Gasteiger charge is -2.28. The van der Waals surface area contributed by atoms with Crippen molar-refractivity contribution in [2.75, 3.05) is 0 Å². The van der Waals surface area contributed by atoms with Crippen molar-refractivity contribution in [3.8, 4) is 23.0 Å². The van der Waals surface area contributed by atoms with Crippen LogP contribution in [-0.4, -0.2) is 21.7 Å². The van der Waals surface area contributed by atoms with E-state index in [9.17, 15) is 9.90 Å². The fourth-order valence-corrected chi connectivity index (χ4v) is 3.87. The minimum atomic E-state index is -1.13. The maximum atomic E-state index is 12.3. The van der Waals surface area contributed by atoms with Gasteiger partial charge in [-0.3, -0.25) is 0 Å². The summed E-state index contributed by atoms with van der Waals surface area (Å²) in [7, 11) is 0. The molecule has 1 saturated carbocycles. The van der Waals surface area contributed by atoms with Gasteiger partial charge in [0.15, 0.2) is 6.10 Å². The summed E-state index contributed by atoms with van der Waals surface area (Å²) in [5.41, 5.74) is 3.95. The molecule has 0 aliphatic heterocycles. The van der Waals surface area contributed by atoms with Crippen molar-refractivity contribution in [1.29, 1.82) is 0 Å². The summed E-state index contributed by atoms with van der Waals surface area (Å²) < 4.78 is 6.03. The number of hydrogen-bond acceptors (Lipinski definition) is 3. The molecule has 1 fully saturated rings. The molecule has 164 valence electrons. The summed E-state index contributed by atoms with van der Waals surface area (Å²) in [6.45, 7) is 7.47. The van der Waals surface area contributed by atoms with Crippen LogP contribution in [0.3, 0.4) is 0 Å². The SMILES string of the molecule is Cc1cc2nc(C#CC3CC3)ccc2c(-c2ccc(Cl)cc2)c1[C@H](OC(C)(C)C)C(=O)O. The molecule has 3 aromatic rings. The first kappa shape index (κ1) is 22.3. The van der Waals surface area contributed by atoms with Crippen LogP contribution in [0.5, 0.6) is 0 Å². The highest BCUT2D eigenvalue weighted by Crippen LogP contribution is 2.40. The van der Waals surface area contributed by atoms with Crippen LogP contribution < -0.4 is 0 Å². The number of benzene rings is 2. The van der Waals surface area contributed by atoms with Gasteiger partial charge in [0.05, 0.1) is 11.1 Å². The zero-order chi connectivity index (χ0) is 23.0. The highest BCUT2D eigenvalue weighted by molar-refractivity contribution is 6.30. The van der Waals surface area contributed by atoms with Crippen LogP contribution in [0.25, 0.3) is 22.0 Å². The van der Waals surface area contributed by atoms with Crippen molar-refractivity contribution >= 4 is 28.5 Å². The molecule has 5 heteroatoms. The topological polar surface area (TPSA) is 59.4 Å². The zero-order valence-corrected chi connectivity index (χ0v) is 19.5. The molecule has 0 spiro atoms. The number of aryl methyl sites for hydroxylation is 1. The number of carboxylic acids is 1. The van der Waals surface area contributed by atoms with Gasteiger partial charge in [-0.1, -0.05) is 29.7 Å². The molecule has 0 bridgehead atoms. The van der Waals surface area contributed by atoms with Crippen molar-refractivity contribution < 1.29 is 14.6 Å². The number of ether oxygens (including phenoxy) is 1. The standard InChI is InChI=1S/C27H26ClNO3/c1-16-15-22-21(14-13-20(29-22)12-7-17-5-6-17)24(18-8-10-19(28)11-9-18)23(16)25(26(30)31)32-27(2,3)4/h8-11,13-15,17,25H,5-6H2,1-4H3,(H,30,31)/t25-/m0/s1. The van der Waals surface area contributed by atoms with Crippen molar-refractivity contribution in [3.63, 3.8) is 0 Å². The summed E-state index contributed by atoms with van der Waals surface area (Å²) in [5, 5.41) is 11.6. The van der Waals surface area contributed by atoms with E-state index in [1.165, 1.54) is 0 Å². The predicted molar refractivity (Wildman–Crippen MR) is 128 cm³/mol. The van der Waals surface area contributed by atoms with E-state index in [0.29, 0.717) is 16.5 Å². The van der Waals surface area contributed by atoms with Gasteiger partial charge >= 0.3 is 5.97 Å². The molecule has 2 aromatic carbocycles. The molecule has 0 radical (unpaired) electrons. The number of pyridine rings is 1. The van der Waals surface area contributed by atoms with E-state index in [2.05, 4.69) is 11.8 Å². The number of nitrogens with zero attached hydrogens (tertiary/aromatic N) is 1. The number of rotatable bonds is 4. The van der Waals surface area contributed by atoms with Crippen LogP contribution in [0.1, 0.15) is 56.5 Å². The Labute approximate surface area is 193 Å². The van der Waals surface area contributed by atoms with E-state index >= 15 is 0 Å². The quantitative estimate of drug-likeness (QED) is 0.459. The molecule has 0 amide bonds. The largest absolute Gasteiger partial charge is 0.479 e. The molecule has 1 heterocycles. The maximum Gasteiger partial charge on any atom is 0.337 e. The van der Waals surface area contributed by atoms with Crippen molar-refractivity contribution in [3.05, 3.63) is 64.3 Å². The first-order valence-corrected chi connectivity index (χ1v) is 11.1. The fourth-order valence-electron chi connectivity index (χ4n) is 3.75. The first-order valence-electron chi connectivity index (χ1n) is 10.7. The number of fused-ring (bicyclic) bond motifs is 1. The third-order valence-corrected chi connectivity index (χ3v) is 5.57. The number of halogens is 1. The summed E-state index contributed by atoms with van der Waals surface area (Å²) in [5.74, 6) is 5.89. The number of aliphatic carboxylic acids is 1. The van der Waals surface area contributed by atoms with Gasteiger partial charge < -0.3 is 9.84 Å². The molecule has 1 aromatic heterocycles. The molecule has 0 saturated heterocycles. The first-order chi connectivity index (χ1) is 15.1. The zero-order valence-electron chi connectivity index (χ0n) is 18.7. The average Bonchev–Trinajstić information content (AvgIpc) is 3.54. The van der Waals surface area contributed by atoms with Crippen LogP contribution in [0.15, 0.2) is 42.5 Å². The summed E-state index contributed by atoms with van der Waals surface area (Å²) in [4.78, 5) is 17.1. The smallest absolute Gasteiger partial charge is 0.337 e. The van der Waals surface area contributed by atoms with E-state index in [-0.39, 0.29) is 0 Å². The normalized spacial score (nSPS) is 14.7. The second-order valence-corrected chi connectivity index (χ2v) is 9.68. The summed E-state index contributed by atoms with van der Waals surface area (Å²) >= 11 is 6.13. The van der Waals surface area contributed by atoms with Gasteiger partial charge in [0.1, 0.15) is 5.69 Å². The Morgan fingerprint density at radius 1 is 1.19 bits per heavy atom. The number of carboxylic acid groups (broad SMARTS) is 1. The lowest BCUT2D eigenvalue weighted by atomic mass is 9.88. The third-order valence-electron chi connectivity index (χ3n) is 5.31. The molecule has 1 atom stereocenters. The van der Waals surface area contributed by atoms with E-state index in [4.69, 9.17) is 21.3 Å². The van der Waals surface area contributed by atoms with Crippen LogP contribution in [0.4, 0.5) is 0 Å². The van der Waals surface area contributed by atoms with Gasteiger partial charge in [-0.25, -0.2) is 9.78 Å². The summed E-state index contributed by atoms with van der Waals surface area (Å²) in [6, 6.07) is 13.2. The minimum Gasteiger partial charge on any atom is -0.479 e. The molecular formula is C27H26ClNO3. The van der Waals surface area contributed by atoms with Gasteiger partial charge in [-0.2, -0.15) is 0 Å². The van der Waals surface area contributed by atoms with Gasteiger partial charge in [0.25, 0.3) is 0 Å². The van der Waals surface area contributed by atoms with E-state index < -0.39 is 17.7 Å². The van der Waals surface area contributed by atoms with Crippen molar-refractivity contribution in [1.82, 2.24) is 4.98 Å². The van der Waals surface area contributed by atoms with Crippen molar-refractivity contribution in [2.45, 2.75) is 52.2 Å². The third kappa shape index (κ3) is 4.96. The lowest BCUT2D eigenvalue weighted by molar-refractivity contribution is -0.160. The van der Waals surface area contributed by atoms with E-state index in [0.717, 1.165) is 46.1 Å². The Balaban J connectivity index is 1.97. The van der Waals surface area contributed by atoms with Crippen LogP contribution in [0, 0.1) is 24.7 Å². The molecule has 1 N–H and O–H groups in total. The predicted octanol–water partition coefficient (Wildman–Crippen LogP) is 6.57. The second kappa shape index (κ2) is 8.58. The monoisotopic (exact) mass is 447 g/mol. The summed E-state index contributed by atoms with van der Waals surface area (Å²) in [6.07, 6.45) is 1.20. The van der Waals surface area contributed by atoms with Crippen LogP contribution in [-0.2, 0) is 9.53 Å². The molecule has 4 nitrogen and oxygen atoms in total. The van der Waals surface area contributed by atoms with Crippen molar-refractivity contribution in [2.24, 2.45) is 5.92 Å². The molecule has 32 heavy (non-hydrogen) atoms. The van der Waals surface area contributed by atoms with Crippen LogP contribution >= 0.6 is 11.6 Å². The van der Waals surface area contributed by atoms with E-state index in [1.54, 1.807) is 12.1 Å². The van der Waals surface area contributed by atoms with Crippen LogP contribution in [0.2, 0.25) is 5.02 Å². The average molecular weight is 448 g/mol. The molecule has 1 aliphatic rings. The van der Waals surface area contributed by atoms with Gasteiger partial charge in [-0.15, -0.1) is 0 Å². The second-order valence-electron chi connectivity index (χ2n) is 9.24. The highest BCUT2D eigenvalue weighted by Gasteiger charge is 2.31. The number of aromatic nitrogens is 1. The number of carbonyl (C=O) groups is 1. The van der Waals surface area contributed by atoms with Gasteiger partial charge in [0.2, 0.25) is 0 Å². The Hall–Kier alpha value is -2.87. The molecular weight excluding hydrogens is 422 g/mol. The maximum absolute atomic E-state index is 12.3. The van der Waals surface area contributed by atoms with Gasteiger partial charge in [0, 0.05) is 21.9 Å². The number of hydrogen-bond donors (Lipinski definition) is 1. The molecule has 4 rings (SSSR count). The highest BCUT2D eigenvalue weighted by atomic mass is 35.5. The Bertz CT molecular complexity index is 1240. The Kier molecular flexibility index (Phi) is 5.99. The van der Waals surface area contributed by atoms with E-state index in [1.807, 2.05) is 58.0 Å². The lowest BCUT2D eigenvalue weighted by Crippen LogP contribution is -2.28. The Morgan fingerprint density at radius 3 is 2.47 bits per heavy atom. The fraction of sp³-hybridized carbons (Fsp3) is 0.333. The Morgan fingerprint density at radius 2 is 1.88 bits per heavy atom. The molecule has 1 aliphatic carbocycles. The molecule has 0 unspecified atom stereocenters. The minimum absolute atomic E-state index is 0.493. The van der Waals surface area contributed by atoms with Gasteiger partial charge in [-0.05, 0) is 93.5 Å².